The van der Waals surface area contributed by atoms with Crippen LogP contribution in [0.3, 0.4) is 0 Å². The van der Waals surface area contributed by atoms with Crippen molar-refractivity contribution < 1.29 is 14.4 Å². The number of benzene rings is 2. The lowest BCUT2D eigenvalue weighted by molar-refractivity contribution is -0.115. The first-order chi connectivity index (χ1) is 15.9. The number of allylic oxidation sites excluding steroid dienone is 2. The van der Waals surface area contributed by atoms with Gasteiger partial charge in [-0.15, -0.1) is 0 Å². The van der Waals surface area contributed by atoms with Gasteiger partial charge in [0, 0.05) is 24.3 Å². The molecule has 0 saturated heterocycles. The smallest absolute Gasteiger partial charge is 0.262 e. The highest BCUT2D eigenvalue weighted by Gasteiger charge is 2.32. The number of amides is 2. The van der Waals surface area contributed by atoms with Crippen molar-refractivity contribution in [3.63, 3.8) is 0 Å². The van der Waals surface area contributed by atoms with Gasteiger partial charge in [-0.25, -0.2) is 0 Å². The molecule has 1 unspecified atom stereocenters. The van der Waals surface area contributed by atoms with Crippen LogP contribution in [0.5, 0.6) is 0 Å². The molecule has 8 heteroatoms. The molecule has 8 nitrogen and oxygen atoms in total. The molecule has 3 aromatic rings. The SMILES string of the molecule is Nc1c2c(cc(=O)n1-c1ccccc1NC1=CC(=O)CC(c3ccccc3)C1)C(=O)NC2=O. The van der Waals surface area contributed by atoms with Gasteiger partial charge in [0.15, 0.2) is 5.78 Å². The summed E-state index contributed by atoms with van der Waals surface area (Å²) in [6.45, 7) is 0. The summed E-state index contributed by atoms with van der Waals surface area (Å²) in [5.74, 6) is -1.35. The zero-order valence-corrected chi connectivity index (χ0v) is 17.5. The normalized spacial score (nSPS) is 17.4. The third kappa shape index (κ3) is 3.61. The van der Waals surface area contributed by atoms with Crippen LogP contribution in [-0.4, -0.2) is 22.2 Å². The molecule has 0 bridgehead atoms. The molecule has 0 fully saturated rings. The Morgan fingerprint density at radius 3 is 2.42 bits per heavy atom. The Balaban J connectivity index is 1.53. The van der Waals surface area contributed by atoms with Gasteiger partial charge in [-0.2, -0.15) is 0 Å². The number of hydrogen-bond acceptors (Lipinski definition) is 6. The summed E-state index contributed by atoms with van der Waals surface area (Å²) in [5, 5.41) is 5.44. The number of carbonyl (C=O) groups is 3. The average molecular weight is 440 g/mol. The number of fused-ring (bicyclic) bond motifs is 1. The standard InChI is InChI=1S/C25H20N4O4/c26-23-22-18(24(32)28-25(22)33)13-21(31)29(23)20-9-5-4-8-19(20)27-16-10-15(11-17(30)12-16)14-6-2-1-3-7-14/h1-9,12-13,15,27H,10-11,26H2,(H,28,32,33). The lowest BCUT2D eigenvalue weighted by atomic mass is 9.85. The fraction of sp³-hybridized carbons (Fsp3) is 0.120. The van der Waals surface area contributed by atoms with E-state index < -0.39 is 17.4 Å². The first kappa shape index (κ1) is 20.4. The highest BCUT2D eigenvalue weighted by atomic mass is 16.2. The lowest BCUT2D eigenvalue weighted by Crippen LogP contribution is -2.25. The van der Waals surface area contributed by atoms with E-state index in [0.717, 1.165) is 11.6 Å². The number of imide groups is 1. The van der Waals surface area contributed by atoms with Crippen molar-refractivity contribution in [3.05, 3.63) is 99.5 Å². The van der Waals surface area contributed by atoms with Crippen molar-refractivity contribution in [1.29, 1.82) is 0 Å². The Hall–Kier alpha value is -4.46. The number of pyridine rings is 1. The van der Waals surface area contributed by atoms with Crippen LogP contribution in [-0.2, 0) is 4.79 Å². The largest absolute Gasteiger partial charge is 0.384 e. The molecule has 0 radical (unpaired) electrons. The van der Waals surface area contributed by atoms with E-state index in [-0.39, 0.29) is 28.6 Å². The second-order valence-electron chi connectivity index (χ2n) is 8.07. The highest BCUT2D eigenvalue weighted by Crippen LogP contribution is 2.33. The van der Waals surface area contributed by atoms with E-state index >= 15 is 0 Å². The second-order valence-corrected chi connectivity index (χ2v) is 8.07. The number of hydrogen-bond donors (Lipinski definition) is 3. The van der Waals surface area contributed by atoms with Crippen LogP contribution in [0, 0.1) is 0 Å². The number of para-hydroxylation sites is 2. The summed E-state index contributed by atoms with van der Waals surface area (Å²) in [6.07, 6.45) is 2.63. The number of nitrogen functional groups attached to an aromatic ring is 1. The van der Waals surface area contributed by atoms with Crippen molar-refractivity contribution >= 4 is 29.1 Å². The minimum absolute atomic E-state index is 0.0134. The van der Waals surface area contributed by atoms with Crippen LogP contribution >= 0.6 is 0 Å². The lowest BCUT2D eigenvalue weighted by Gasteiger charge is -2.24. The first-order valence-corrected chi connectivity index (χ1v) is 10.5. The molecule has 2 heterocycles. The van der Waals surface area contributed by atoms with E-state index in [2.05, 4.69) is 10.6 Å². The van der Waals surface area contributed by atoms with Crippen molar-refractivity contribution in [1.82, 2.24) is 9.88 Å². The van der Waals surface area contributed by atoms with E-state index in [1.165, 1.54) is 4.57 Å². The third-order valence-corrected chi connectivity index (χ3v) is 5.91. The van der Waals surface area contributed by atoms with Crippen LogP contribution in [0.15, 0.2) is 77.2 Å². The number of rotatable bonds is 4. The molecule has 5 rings (SSSR count). The molecule has 1 atom stereocenters. The number of nitrogens with one attached hydrogen (secondary N) is 2. The summed E-state index contributed by atoms with van der Waals surface area (Å²) >= 11 is 0. The van der Waals surface area contributed by atoms with Gasteiger partial charge in [-0.1, -0.05) is 42.5 Å². The zero-order chi connectivity index (χ0) is 23.1. The summed E-state index contributed by atoms with van der Waals surface area (Å²) < 4.78 is 1.19. The number of nitrogens with zero attached hydrogens (tertiary/aromatic N) is 1. The molecule has 0 spiro atoms. The van der Waals surface area contributed by atoms with E-state index in [9.17, 15) is 19.2 Å². The van der Waals surface area contributed by atoms with Crippen LogP contribution in [0.25, 0.3) is 5.69 Å². The number of aromatic nitrogens is 1. The van der Waals surface area contributed by atoms with Gasteiger partial charge in [0.2, 0.25) is 0 Å². The molecule has 2 aromatic carbocycles. The van der Waals surface area contributed by atoms with Gasteiger partial charge in [0.25, 0.3) is 17.4 Å². The number of nitrogens with two attached hydrogens (primary N) is 1. The molecule has 1 aliphatic carbocycles. The molecule has 2 aliphatic rings. The molecule has 1 aliphatic heterocycles. The maximum Gasteiger partial charge on any atom is 0.262 e. The zero-order valence-electron chi connectivity index (χ0n) is 17.5. The van der Waals surface area contributed by atoms with Crippen LogP contribution in [0.2, 0.25) is 0 Å². The van der Waals surface area contributed by atoms with Crippen LogP contribution in [0.1, 0.15) is 45.0 Å². The predicted octanol–water partition coefficient (Wildman–Crippen LogP) is 2.75. The molecular weight excluding hydrogens is 420 g/mol. The topological polar surface area (TPSA) is 123 Å². The summed E-state index contributed by atoms with van der Waals surface area (Å²) in [6, 6.07) is 17.9. The fourth-order valence-electron chi connectivity index (χ4n) is 4.42. The molecule has 0 saturated carbocycles. The quantitative estimate of drug-likeness (QED) is 0.536. The van der Waals surface area contributed by atoms with Gasteiger partial charge < -0.3 is 11.1 Å². The molecule has 4 N–H and O–H groups in total. The van der Waals surface area contributed by atoms with Crippen LogP contribution in [0.4, 0.5) is 11.5 Å². The molecule has 33 heavy (non-hydrogen) atoms. The number of anilines is 2. The Kier molecular flexibility index (Phi) is 4.90. The third-order valence-electron chi connectivity index (χ3n) is 5.91. The maximum absolute atomic E-state index is 12.9. The van der Waals surface area contributed by atoms with Crippen molar-refractivity contribution in [2.75, 3.05) is 11.1 Å². The van der Waals surface area contributed by atoms with E-state index in [1.807, 2.05) is 30.3 Å². The van der Waals surface area contributed by atoms with Crippen molar-refractivity contribution in [2.45, 2.75) is 18.8 Å². The number of carbonyl (C=O) groups excluding carboxylic acids is 3. The Labute approximate surface area is 188 Å². The van der Waals surface area contributed by atoms with Crippen LogP contribution < -0.4 is 21.9 Å². The molecule has 1 aromatic heterocycles. The maximum atomic E-state index is 12.9. The van der Waals surface area contributed by atoms with Gasteiger partial charge in [-0.05, 0) is 30.0 Å². The molecular formula is C25H20N4O4. The Bertz CT molecular complexity index is 1410. The van der Waals surface area contributed by atoms with Gasteiger partial charge >= 0.3 is 0 Å². The van der Waals surface area contributed by atoms with Gasteiger partial charge in [-0.3, -0.25) is 29.1 Å². The predicted molar refractivity (Wildman–Crippen MR) is 123 cm³/mol. The summed E-state index contributed by atoms with van der Waals surface area (Å²) in [4.78, 5) is 49.5. The molecule has 2 amide bonds. The minimum atomic E-state index is -0.643. The van der Waals surface area contributed by atoms with Gasteiger partial charge in [0.1, 0.15) is 5.82 Å². The summed E-state index contributed by atoms with van der Waals surface area (Å²) in [7, 11) is 0. The number of ketones is 1. The van der Waals surface area contributed by atoms with E-state index in [0.29, 0.717) is 29.9 Å². The van der Waals surface area contributed by atoms with E-state index in [1.54, 1.807) is 30.3 Å². The Morgan fingerprint density at radius 1 is 0.909 bits per heavy atom. The highest BCUT2D eigenvalue weighted by molar-refractivity contribution is 6.23. The van der Waals surface area contributed by atoms with E-state index in [4.69, 9.17) is 5.73 Å². The Morgan fingerprint density at radius 2 is 1.64 bits per heavy atom. The second kappa shape index (κ2) is 7.90. The van der Waals surface area contributed by atoms with Crippen molar-refractivity contribution in [3.8, 4) is 5.69 Å². The van der Waals surface area contributed by atoms with Crippen molar-refractivity contribution in [2.24, 2.45) is 0 Å². The summed E-state index contributed by atoms with van der Waals surface area (Å²) in [5.41, 5.74) is 8.35. The first-order valence-electron chi connectivity index (χ1n) is 10.5. The molecule has 164 valence electrons. The fourth-order valence-corrected chi connectivity index (χ4v) is 4.42. The minimum Gasteiger partial charge on any atom is -0.384 e. The van der Waals surface area contributed by atoms with Gasteiger partial charge in [0.05, 0.1) is 22.5 Å². The average Bonchev–Trinajstić information content (AvgIpc) is 3.08. The monoisotopic (exact) mass is 440 g/mol.